The Kier molecular flexibility index (Phi) is 5.96. The second kappa shape index (κ2) is 8.80. The van der Waals surface area contributed by atoms with E-state index in [0.29, 0.717) is 6.42 Å². The summed E-state index contributed by atoms with van der Waals surface area (Å²) in [4.78, 5) is 14.2. The molecule has 0 amide bonds. The van der Waals surface area contributed by atoms with E-state index >= 15 is 0 Å². The van der Waals surface area contributed by atoms with Crippen molar-refractivity contribution < 1.29 is 14.6 Å². The average Bonchev–Trinajstić information content (AvgIpc) is 2.76. The number of hydrogen-bond acceptors (Lipinski definition) is 4. The smallest absolute Gasteiger partial charge is 0.349 e. The van der Waals surface area contributed by atoms with Gasteiger partial charge in [-0.3, -0.25) is 0 Å². The van der Waals surface area contributed by atoms with Gasteiger partial charge in [0, 0.05) is 4.90 Å². The number of aliphatic hydroxyl groups excluding tert-OH is 1. The number of cyclic esters (lactones) is 1. The molecule has 0 bridgehead atoms. The Morgan fingerprint density at radius 3 is 2.33 bits per heavy atom. The summed E-state index contributed by atoms with van der Waals surface area (Å²) in [6, 6.07) is 27.7. The predicted octanol–water partition coefficient (Wildman–Crippen LogP) is 6.33. The van der Waals surface area contributed by atoms with Gasteiger partial charge in [0.15, 0.2) is 0 Å². The number of aryl methyl sites for hydroxylation is 2. The van der Waals surface area contributed by atoms with Crippen LogP contribution in [0.4, 0.5) is 0 Å². The minimum Gasteiger partial charge on any atom is -0.511 e. The molecule has 4 heteroatoms. The van der Waals surface area contributed by atoms with Crippen LogP contribution in [0, 0.1) is 6.92 Å². The molecule has 0 spiro atoms. The SMILES string of the molecule is Cc1cccc(SC2=C(O)CC(CCc3ccccc3)(c3ccccc3)OC2=O)c1. The number of hydrogen-bond donors (Lipinski definition) is 1. The summed E-state index contributed by atoms with van der Waals surface area (Å²) < 4.78 is 6.09. The van der Waals surface area contributed by atoms with Gasteiger partial charge >= 0.3 is 5.97 Å². The zero-order valence-electron chi connectivity index (χ0n) is 16.9. The van der Waals surface area contributed by atoms with Crippen molar-refractivity contribution in [2.75, 3.05) is 0 Å². The van der Waals surface area contributed by atoms with E-state index in [1.54, 1.807) is 0 Å². The highest BCUT2D eigenvalue weighted by molar-refractivity contribution is 8.04. The maximum Gasteiger partial charge on any atom is 0.349 e. The summed E-state index contributed by atoms with van der Waals surface area (Å²) in [6.45, 7) is 2.00. The van der Waals surface area contributed by atoms with Crippen LogP contribution in [0.5, 0.6) is 0 Å². The summed E-state index contributed by atoms with van der Waals surface area (Å²) in [5, 5.41) is 10.9. The summed E-state index contributed by atoms with van der Waals surface area (Å²) in [5.41, 5.74) is 2.30. The maximum atomic E-state index is 13.0. The molecule has 152 valence electrons. The van der Waals surface area contributed by atoms with E-state index < -0.39 is 11.6 Å². The van der Waals surface area contributed by atoms with Crippen molar-refractivity contribution in [1.29, 1.82) is 0 Å². The Bertz CT molecular complexity index is 1060. The molecule has 1 aliphatic heterocycles. The third-order valence-corrected chi connectivity index (χ3v) is 6.45. The molecule has 0 saturated carbocycles. The molecule has 3 aromatic rings. The van der Waals surface area contributed by atoms with Crippen LogP contribution in [0.15, 0.2) is 100 Å². The van der Waals surface area contributed by atoms with Crippen LogP contribution in [0.2, 0.25) is 0 Å². The van der Waals surface area contributed by atoms with E-state index in [2.05, 4.69) is 12.1 Å². The van der Waals surface area contributed by atoms with Gasteiger partial charge in [0.2, 0.25) is 0 Å². The van der Waals surface area contributed by atoms with Gasteiger partial charge in [0.1, 0.15) is 16.3 Å². The van der Waals surface area contributed by atoms with E-state index in [0.717, 1.165) is 22.4 Å². The largest absolute Gasteiger partial charge is 0.511 e. The van der Waals surface area contributed by atoms with Crippen LogP contribution in [0.25, 0.3) is 0 Å². The topological polar surface area (TPSA) is 46.5 Å². The fourth-order valence-electron chi connectivity index (χ4n) is 3.80. The van der Waals surface area contributed by atoms with E-state index in [9.17, 15) is 9.90 Å². The van der Waals surface area contributed by atoms with Crippen molar-refractivity contribution in [3.8, 4) is 0 Å². The molecule has 0 aromatic heterocycles. The average molecular weight is 417 g/mol. The van der Waals surface area contributed by atoms with Crippen LogP contribution in [0.3, 0.4) is 0 Å². The first-order valence-electron chi connectivity index (χ1n) is 10.1. The molecule has 1 unspecified atom stereocenters. The Labute approximate surface area is 181 Å². The molecule has 30 heavy (non-hydrogen) atoms. The Hall–Kier alpha value is -2.98. The molecule has 1 N–H and O–H groups in total. The number of carbonyl (C=O) groups excluding carboxylic acids is 1. The summed E-state index contributed by atoms with van der Waals surface area (Å²) in [7, 11) is 0. The standard InChI is InChI=1S/C26H24O3S/c1-19-9-8-14-22(17-19)30-24-23(27)18-26(29-25(24)28,21-12-6-3-7-13-21)16-15-20-10-4-2-5-11-20/h2-14,17,27H,15-16,18H2,1H3. The van der Waals surface area contributed by atoms with Gasteiger partial charge in [-0.05, 0) is 43.0 Å². The first kappa shape index (κ1) is 20.3. The lowest BCUT2D eigenvalue weighted by molar-refractivity contribution is -0.160. The number of ether oxygens (including phenoxy) is 1. The predicted molar refractivity (Wildman–Crippen MR) is 120 cm³/mol. The molecular formula is C26H24O3S. The van der Waals surface area contributed by atoms with Gasteiger partial charge < -0.3 is 9.84 Å². The van der Waals surface area contributed by atoms with Crippen molar-refractivity contribution in [3.05, 3.63) is 112 Å². The highest BCUT2D eigenvalue weighted by Crippen LogP contribution is 2.44. The molecule has 4 rings (SSSR count). The van der Waals surface area contributed by atoms with Crippen molar-refractivity contribution in [2.45, 2.75) is 36.7 Å². The normalized spacial score (nSPS) is 18.9. The molecule has 0 saturated heterocycles. The van der Waals surface area contributed by atoms with Crippen LogP contribution in [-0.4, -0.2) is 11.1 Å². The van der Waals surface area contributed by atoms with E-state index in [1.807, 2.05) is 79.7 Å². The lowest BCUT2D eigenvalue weighted by Gasteiger charge is -2.37. The molecule has 0 radical (unpaired) electrons. The van der Waals surface area contributed by atoms with Crippen molar-refractivity contribution in [2.24, 2.45) is 0 Å². The molecule has 0 aliphatic carbocycles. The van der Waals surface area contributed by atoms with Gasteiger partial charge in [-0.15, -0.1) is 0 Å². The molecule has 3 aromatic carbocycles. The van der Waals surface area contributed by atoms with Crippen molar-refractivity contribution in [1.82, 2.24) is 0 Å². The van der Waals surface area contributed by atoms with Crippen molar-refractivity contribution in [3.63, 3.8) is 0 Å². The monoisotopic (exact) mass is 416 g/mol. The zero-order chi connectivity index (χ0) is 21.0. The molecule has 1 atom stereocenters. The Morgan fingerprint density at radius 1 is 0.967 bits per heavy atom. The highest BCUT2D eigenvalue weighted by Gasteiger charge is 2.43. The minimum absolute atomic E-state index is 0.0923. The fourth-order valence-corrected chi connectivity index (χ4v) is 4.75. The van der Waals surface area contributed by atoms with Crippen molar-refractivity contribution >= 4 is 17.7 Å². The second-order valence-corrected chi connectivity index (χ2v) is 8.69. The van der Waals surface area contributed by atoms with Crippen LogP contribution in [-0.2, 0) is 21.6 Å². The fraction of sp³-hybridized carbons (Fsp3) is 0.192. The van der Waals surface area contributed by atoms with E-state index in [4.69, 9.17) is 4.74 Å². The third kappa shape index (κ3) is 4.44. The zero-order valence-corrected chi connectivity index (χ0v) is 17.7. The molecule has 1 heterocycles. The van der Waals surface area contributed by atoms with Gasteiger partial charge in [0.25, 0.3) is 0 Å². The summed E-state index contributed by atoms with van der Waals surface area (Å²) in [6.07, 6.45) is 1.61. The number of aliphatic hydroxyl groups is 1. The van der Waals surface area contributed by atoms with Gasteiger partial charge in [-0.1, -0.05) is 90.1 Å². The Morgan fingerprint density at radius 2 is 1.67 bits per heavy atom. The van der Waals surface area contributed by atoms with E-state index in [1.165, 1.54) is 17.3 Å². The Balaban J connectivity index is 1.64. The first-order valence-corrected chi connectivity index (χ1v) is 10.9. The van der Waals surface area contributed by atoms with Gasteiger partial charge in [0.05, 0.1) is 6.42 Å². The molecule has 1 aliphatic rings. The minimum atomic E-state index is -0.880. The van der Waals surface area contributed by atoms with Crippen LogP contribution >= 0.6 is 11.8 Å². The van der Waals surface area contributed by atoms with Crippen LogP contribution < -0.4 is 0 Å². The van der Waals surface area contributed by atoms with Gasteiger partial charge in [-0.25, -0.2) is 4.79 Å². The van der Waals surface area contributed by atoms with E-state index in [-0.39, 0.29) is 17.1 Å². The number of carbonyl (C=O) groups is 1. The lowest BCUT2D eigenvalue weighted by atomic mass is 9.82. The number of thioether (sulfide) groups is 1. The number of rotatable bonds is 6. The lowest BCUT2D eigenvalue weighted by Crippen LogP contribution is -2.38. The third-order valence-electron chi connectivity index (χ3n) is 5.36. The summed E-state index contributed by atoms with van der Waals surface area (Å²) >= 11 is 1.26. The highest BCUT2D eigenvalue weighted by atomic mass is 32.2. The quantitative estimate of drug-likeness (QED) is 0.477. The summed E-state index contributed by atoms with van der Waals surface area (Å²) in [5.74, 6) is -0.378. The van der Waals surface area contributed by atoms with Gasteiger partial charge in [-0.2, -0.15) is 0 Å². The number of benzene rings is 3. The van der Waals surface area contributed by atoms with Crippen LogP contribution in [0.1, 0.15) is 29.5 Å². The molecule has 3 nitrogen and oxygen atoms in total. The molecule has 0 fully saturated rings. The first-order chi connectivity index (χ1) is 14.6. The maximum absolute atomic E-state index is 13.0. The number of esters is 1. The second-order valence-electron chi connectivity index (χ2n) is 7.61. The molecular weight excluding hydrogens is 392 g/mol.